The van der Waals surface area contributed by atoms with Crippen molar-refractivity contribution >= 4 is 40.7 Å². The molecule has 0 saturated heterocycles. The summed E-state index contributed by atoms with van der Waals surface area (Å²) in [5.41, 5.74) is 1.05. The molecule has 0 saturated carbocycles. The van der Waals surface area contributed by atoms with Gasteiger partial charge in [0.25, 0.3) is 0 Å². The molecular formula is C10H10ClN3O2S2. The molecule has 2 aromatic heterocycles. The van der Waals surface area contributed by atoms with E-state index in [4.69, 9.17) is 11.6 Å². The maximum atomic E-state index is 11.4. The van der Waals surface area contributed by atoms with Gasteiger partial charge in [-0.05, 0) is 18.2 Å². The number of hydrogen-bond acceptors (Lipinski definition) is 6. The normalized spacial score (nSPS) is 10.6. The second-order valence-electron chi connectivity index (χ2n) is 3.26. The third kappa shape index (κ3) is 2.85. The summed E-state index contributed by atoms with van der Waals surface area (Å²) in [7, 11) is 1.31. The molecule has 0 aliphatic heterocycles. The molecule has 18 heavy (non-hydrogen) atoms. The Morgan fingerprint density at radius 1 is 1.67 bits per heavy atom. The lowest BCUT2D eigenvalue weighted by Crippen LogP contribution is -1.98. The van der Waals surface area contributed by atoms with Crippen molar-refractivity contribution in [3.8, 4) is 0 Å². The van der Waals surface area contributed by atoms with Gasteiger partial charge in [0.2, 0.25) is 0 Å². The summed E-state index contributed by atoms with van der Waals surface area (Å²) in [6.07, 6.45) is 2.67. The molecule has 0 radical (unpaired) electrons. The molecule has 0 unspecified atom stereocenters. The van der Waals surface area contributed by atoms with E-state index >= 15 is 0 Å². The van der Waals surface area contributed by atoms with Crippen LogP contribution >= 0.6 is 34.7 Å². The number of aromatic nitrogens is 3. The third-order valence-electron chi connectivity index (χ3n) is 2.11. The minimum Gasteiger partial charge on any atom is -0.465 e. The molecule has 0 aliphatic carbocycles. The summed E-state index contributed by atoms with van der Waals surface area (Å²) in [4.78, 5) is 23.1. The first-order valence-electron chi connectivity index (χ1n) is 5.10. The Balaban J connectivity index is 2.17. The Labute approximate surface area is 117 Å². The molecule has 0 atom stereocenters. The molecule has 0 aliphatic rings. The van der Waals surface area contributed by atoms with Gasteiger partial charge in [-0.3, -0.25) is 0 Å². The molecule has 2 heterocycles. The highest BCUT2D eigenvalue weighted by Gasteiger charge is 2.18. The van der Waals surface area contributed by atoms with Gasteiger partial charge >= 0.3 is 5.97 Å². The number of nitrogens with zero attached hydrogens (tertiary/aromatic N) is 2. The number of nitrogens with one attached hydrogen (secondary N) is 1. The van der Waals surface area contributed by atoms with E-state index in [0.29, 0.717) is 9.22 Å². The molecule has 0 amide bonds. The Morgan fingerprint density at radius 3 is 3.06 bits per heavy atom. The van der Waals surface area contributed by atoms with Gasteiger partial charge in [0.05, 0.1) is 7.11 Å². The van der Waals surface area contributed by atoms with Crippen LogP contribution in [0.25, 0.3) is 0 Å². The molecular weight excluding hydrogens is 294 g/mol. The third-order valence-corrected chi connectivity index (χ3v) is 4.49. The number of halogens is 1. The molecule has 2 aromatic rings. The highest BCUT2D eigenvalue weighted by Crippen LogP contribution is 2.33. The number of aromatic amines is 1. The number of aryl methyl sites for hydroxylation is 1. The second-order valence-corrected chi connectivity index (χ2v) is 5.85. The fraction of sp³-hybridized carbons (Fsp3) is 0.300. The van der Waals surface area contributed by atoms with E-state index in [-0.39, 0.29) is 5.15 Å². The minimum atomic E-state index is -0.474. The van der Waals surface area contributed by atoms with E-state index in [1.807, 2.05) is 6.92 Å². The van der Waals surface area contributed by atoms with Crippen molar-refractivity contribution in [1.29, 1.82) is 0 Å². The van der Waals surface area contributed by atoms with Crippen LogP contribution in [0.5, 0.6) is 0 Å². The number of esters is 1. The van der Waals surface area contributed by atoms with Gasteiger partial charge in [-0.2, -0.15) is 0 Å². The maximum absolute atomic E-state index is 11.4. The molecule has 96 valence electrons. The summed E-state index contributed by atoms with van der Waals surface area (Å²) in [6, 6.07) is 0. The fourth-order valence-electron chi connectivity index (χ4n) is 1.20. The van der Waals surface area contributed by atoms with E-state index < -0.39 is 5.97 Å². The lowest BCUT2D eigenvalue weighted by Gasteiger charge is -1.92. The minimum absolute atomic E-state index is 0.164. The van der Waals surface area contributed by atoms with Crippen LogP contribution in [0.4, 0.5) is 0 Å². The fourth-order valence-corrected chi connectivity index (χ4v) is 3.43. The molecule has 0 aromatic carbocycles. The van der Waals surface area contributed by atoms with Gasteiger partial charge in [0.1, 0.15) is 0 Å². The van der Waals surface area contributed by atoms with Crippen molar-refractivity contribution in [2.45, 2.75) is 22.8 Å². The number of H-pyrrole nitrogens is 1. The average molecular weight is 304 g/mol. The first kappa shape index (κ1) is 13.4. The van der Waals surface area contributed by atoms with E-state index in [9.17, 15) is 4.79 Å². The lowest BCUT2D eigenvalue weighted by atomic mass is 10.4. The van der Waals surface area contributed by atoms with Crippen LogP contribution in [0.15, 0.2) is 15.7 Å². The van der Waals surface area contributed by atoms with Crippen LogP contribution in [0.3, 0.4) is 0 Å². The van der Waals surface area contributed by atoms with E-state index in [1.165, 1.54) is 30.2 Å². The maximum Gasteiger partial charge on any atom is 0.351 e. The van der Waals surface area contributed by atoms with Crippen molar-refractivity contribution in [3.63, 3.8) is 0 Å². The number of hydrogen-bond donors (Lipinski definition) is 1. The van der Waals surface area contributed by atoms with Crippen LogP contribution in [-0.2, 0) is 11.2 Å². The predicted octanol–water partition coefficient (Wildman–Crippen LogP) is 3.02. The van der Waals surface area contributed by atoms with Crippen molar-refractivity contribution < 1.29 is 9.53 Å². The molecule has 0 fully saturated rings. The SMILES string of the molecule is CCc1cnc(Sc2nc(Cl)c(C(=O)OC)s2)[nH]1. The van der Waals surface area contributed by atoms with E-state index in [0.717, 1.165) is 17.3 Å². The average Bonchev–Trinajstić information content (AvgIpc) is 2.95. The van der Waals surface area contributed by atoms with Crippen LogP contribution in [-0.4, -0.2) is 28.0 Å². The van der Waals surface area contributed by atoms with Crippen LogP contribution in [0.1, 0.15) is 22.3 Å². The summed E-state index contributed by atoms with van der Waals surface area (Å²) in [5, 5.41) is 0.894. The highest BCUT2D eigenvalue weighted by molar-refractivity contribution is 8.00. The van der Waals surface area contributed by atoms with Gasteiger partial charge in [-0.15, -0.1) is 0 Å². The van der Waals surface area contributed by atoms with Gasteiger partial charge < -0.3 is 9.72 Å². The summed E-state index contributed by atoms with van der Waals surface area (Å²) in [5.74, 6) is -0.474. The zero-order valence-corrected chi connectivity index (χ0v) is 12.1. The smallest absolute Gasteiger partial charge is 0.351 e. The van der Waals surface area contributed by atoms with Crippen LogP contribution in [0, 0.1) is 0 Å². The Hall–Kier alpha value is -1.05. The van der Waals surface area contributed by atoms with Crippen LogP contribution < -0.4 is 0 Å². The zero-order chi connectivity index (χ0) is 13.1. The molecule has 5 nitrogen and oxygen atoms in total. The van der Waals surface area contributed by atoms with Crippen molar-refractivity contribution in [2.24, 2.45) is 0 Å². The van der Waals surface area contributed by atoms with E-state index in [1.54, 1.807) is 6.20 Å². The summed E-state index contributed by atoms with van der Waals surface area (Å²) >= 11 is 8.40. The Bertz CT molecular complexity index is 567. The van der Waals surface area contributed by atoms with Crippen LogP contribution in [0.2, 0.25) is 5.15 Å². The van der Waals surface area contributed by atoms with E-state index in [2.05, 4.69) is 19.7 Å². The number of thiazole rings is 1. The van der Waals surface area contributed by atoms with Crippen molar-refractivity contribution in [2.75, 3.05) is 7.11 Å². The molecule has 1 N–H and O–H groups in total. The number of rotatable bonds is 4. The molecule has 2 rings (SSSR count). The van der Waals surface area contributed by atoms with Gasteiger partial charge in [0.15, 0.2) is 19.5 Å². The molecule has 0 spiro atoms. The number of ether oxygens (including phenoxy) is 1. The zero-order valence-electron chi connectivity index (χ0n) is 9.69. The van der Waals surface area contributed by atoms with Crippen molar-refractivity contribution in [1.82, 2.24) is 15.0 Å². The number of carbonyl (C=O) groups is 1. The predicted molar refractivity (Wildman–Crippen MR) is 70.6 cm³/mol. The van der Waals surface area contributed by atoms with Gasteiger partial charge in [0, 0.05) is 11.9 Å². The second kappa shape index (κ2) is 5.73. The topological polar surface area (TPSA) is 67.9 Å². The Kier molecular flexibility index (Phi) is 4.26. The lowest BCUT2D eigenvalue weighted by molar-refractivity contribution is 0.0606. The highest BCUT2D eigenvalue weighted by atomic mass is 35.5. The number of imidazole rings is 1. The number of carbonyl (C=O) groups excluding carboxylic acids is 1. The first-order valence-corrected chi connectivity index (χ1v) is 7.11. The van der Waals surface area contributed by atoms with Gasteiger partial charge in [-0.1, -0.05) is 29.9 Å². The van der Waals surface area contributed by atoms with Crippen molar-refractivity contribution in [3.05, 3.63) is 21.9 Å². The molecule has 8 heteroatoms. The summed E-state index contributed by atoms with van der Waals surface area (Å²) < 4.78 is 5.27. The molecule has 0 bridgehead atoms. The largest absolute Gasteiger partial charge is 0.465 e. The number of methoxy groups -OCH3 is 1. The van der Waals surface area contributed by atoms with Gasteiger partial charge in [-0.25, -0.2) is 14.8 Å². The standard InChI is InChI=1S/C10H10ClN3O2S2/c1-3-5-4-12-9(13-5)18-10-14-7(11)6(17-10)8(15)16-2/h4H,3H2,1-2H3,(H,12,13). The quantitative estimate of drug-likeness (QED) is 0.879. The monoisotopic (exact) mass is 303 g/mol. The Morgan fingerprint density at radius 2 is 2.44 bits per heavy atom. The first-order chi connectivity index (χ1) is 8.63. The summed E-state index contributed by atoms with van der Waals surface area (Å²) in [6.45, 7) is 2.04.